The molecule has 4 nitrogen and oxygen atoms in total. The van der Waals surface area contributed by atoms with E-state index >= 15 is 0 Å². The maximum Gasteiger partial charge on any atom is 0.173 e. The molecule has 0 aliphatic heterocycles. The maximum absolute atomic E-state index is 8.76. The normalized spacial score (nSPS) is 11.6. The van der Waals surface area contributed by atoms with E-state index in [1.807, 2.05) is 0 Å². The molecule has 112 valence electrons. The lowest BCUT2D eigenvalue weighted by atomic mass is 10.1. The van der Waals surface area contributed by atoms with E-state index in [2.05, 4.69) is 12.1 Å². The van der Waals surface area contributed by atoms with Crippen LogP contribution in [0.25, 0.3) is 0 Å². The van der Waals surface area contributed by atoms with Crippen LogP contribution in [-0.4, -0.2) is 17.6 Å². The Balaban J connectivity index is 2.43. The van der Waals surface area contributed by atoms with Crippen molar-refractivity contribution in [2.45, 2.75) is 45.4 Å². The highest BCUT2D eigenvalue weighted by Gasteiger charge is 2.09. The molecular weight excluding hydrogens is 276 g/mol. The van der Waals surface area contributed by atoms with Crippen molar-refractivity contribution in [1.29, 1.82) is 0 Å². The van der Waals surface area contributed by atoms with Crippen molar-refractivity contribution in [3.63, 3.8) is 0 Å². The van der Waals surface area contributed by atoms with E-state index in [9.17, 15) is 0 Å². The van der Waals surface area contributed by atoms with Crippen molar-refractivity contribution in [2.75, 3.05) is 6.61 Å². The Morgan fingerprint density at radius 3 is 2.65 bits per heavy atom. The fraction of sp³-hybridized carbons (Fsp3) is 0.533. The minimum atomic E-state index is 0.00504. The van der Waals surface area contributed by atoms with Crippen LogP contribution in [0.15, 0.2) is 23.4 Å². The van der Waals surface area contributed by atoms with Gasteiger partial charge in [0.15, 0.2) is 5.84 Å². The number of unbranched alkanes of at least 4 members (excludes halogenated alkanes) is 5. The number of amidine groups is 1. The molecule has 0 radical (unpaired) electrons. The standard InChI is InChI=1S/C15H23ClN2O2/c1-2-3-4-5-6-7-10-20-14-9-8-12(16)11-13(14)15(17)18-19/h8-9,11,19H,2-7,10H2,1H3,(H2,17,18). The lowest BCUT2D eigenvalue weighted by Gasteiger charge is -2.11. The topological polar surface area (TPSA) is 67.8 Å². The van der Waals surface area contributed by atoms with Crippen LogP contribution in [0.4, 0.5) is 0 Å². The number of halogens is 1. The Kier molecular flexibility index (Phi) is 7.88. The largest absolute Gasteiger partial charge is 0.493 e. The molecule has 0 fully saturated rings. The smallest absolute Gasteiger partial charge is 0.173 e. The summed E-state index contributed by atoms with van der Waals surface area (Å²) >= 11 is 5.90. The molecule has 0 saturated heterocycles. The zero-order valence-corrected chi connectivity index (χ0v) is 12.7. The molecule has 0 atom stereocenters. The molecule has 3 N–H and O–H groups in total. The second-order valence-corrected chi connectivity index (χ2v) is 5.18. The molecule has 1 aromatic carbocycles. The molecule has 1 aromatic rings. The van der Waals surface area contributed by atoms with Gasteiger partial charge in [0, 0.05) is 5.02 Å². The highest BCUT2D eigenvalue weighted by atomic mass is 35.5. The van der Waals surface area contributed by atoms with Gasteiger partial charge in [-0.25, -0.2) is 0 Å². The fourth-order valence-electron chi connectivity index (χ4n) is 1.95. The van der Waals surface area contributed by atoms with E-state index in [0.29, 0.717) is 22.9 Å². The van der Waals surface area contributed by atoms with Gasteiger partial charge in [-0.1, -0.05) is 55.8 Å². The first-order valence-electron chi connectivity index (χ1n) is 7.09. The SMILES string of the molecule is CCCCCCCCOc1ccc(Cl)cc1C(N)=NO. The average Bonchev–Trinajstić information content (AvgIpc) is 2.46. The van der Waals surface area contributed by atoms with Crippen molar-refractivity contribution in [1.82, 2.24) is 0 Å². The summed E-state index contributed by atoms with van der Waals surface area (Å²) in [6, 6.07) is 5.10. The van der Waals surface area contributed by atoms with Crippen LogP contribution in [0.3, 0.4) is 0 Å². The van der Waals surface area contributed by atoms with Crippen LogP contribution in [0.2, 0.25) is 5.02 Å². The van der Waals surface area contributed by atoms with Gasteiger partial charge >= 0.3 is 0 Å². The van der Waals surface area contributed by atoms with Crippen LogP contribution in [0.1, 0.15) is 51.0 Å². The number of nitrogens with two attached hydrogens (primary N) is 1. The first-order valence-corrected chi connectivity index (χ1v) is 7.47. The van der Waals surface area contributed by atoms with Crippen LogP contribution in [0.5, 0.6) is 5.75 Å². The number of oxime groups is 1. The van der Waals surface area contributed by atoms with Crippen molar-refractivity contribution >= 4 is 17.4 Å². The zero-order valence-electron chi connectivity index (χ0n) is 11.9. The van der Waals surface area contributed by atoms with Gasteiger partial charge in [0.1, 0.15) is 5.75 Å². The second kappa shape index (κ2) is 9.48. The molecule has 0 aliphatic carbocycles. The zero-order chi connectivity index (χ0) is 14.8. The Labute approximate surface area is 125 Å². The van der Waals surface area contributed by atoms with E-state index in [4.69, 9.17) is 27.3 Å². The molecule has 0 amide bonds. The van der Waals surface area contributed by atoms with Gasteiger partial charge in [-0.3, -0.25) is 0 Å². The monoisotopic (exact) mass is 298 g/mol. The summed E-state index contributed by atoms with van der Waals surface area (Å²) in [7, 11) is 0. The maximum atomic E-state index is 8.76. The number of rotatable bonds is 9. The highest BCUT2D eigenvalue weighted by Crippen LogP contribution is 2.23. The third-order valence-corrected chi connectivity index (χ3v) is 3.32. The average molecular weight is 299 g/mol. The van der Waals surface area contributed by atoms with E-state index in [1.54, 1.807) is 18.2 Å². The number of nitrogens with zero attached hydrogens (tertiary/aromatic N) is 1. The van der Waals surface area contributed by atoms with Crippen molar-refractivity contribution in [2.24, 2.45) is 10.9 Å². The van der Waals surface area contributed by atoms with Gasteiger partial charge < -0.3 is 15.7 Å². The number of hydrogen-bond donors (Lipinski definition) is 2. The molecule has 0 bridgehead atoms. The molecule has 0 aliphatic rings. The molecule has 0 aromatic heterocycles. The first kappa shape index (κ1) is 16.6. The quantitative estimate of drug-likeness (QED) is 0.236. The summed E-state index contributed by atoms with van der Waals surface area (Å²) in [5, 5.41) is 12.3. The molecule has 1 rings (SSSR count). The van der Waals surface area contributed by atoms with Gasteiger partial charge in [-0.05, 0) is 24.6 Å². The minimum absolute atomic E-state index is 0.00504. The molecule has 5 heteroatoms. The summed E-state index contributed by atoms with van der Waals surface area (Å²) in [5.41, 5.74) is 6.13. The molecule has 0 heterocycles. The van der Waals surface area contributed by atoms with Crippen LogP contribution in [0, 0.1) is 0 Å². The van der Waals surface area contributed by atoms with Crippen LogP contribution < -0.4 is 10.5 Å². The molecular formula is C15H23ClN2O2. The summed E-state index contributed by atoms with van der Waals surface area (Å²) in [6.07, 6.45) is 7.24. The van der Waals surface area contributed by atoms with Gasteiger partial charge in [0.25, 0.3) is 0 Å². The minimum Gasteiger partial charge on any atom is -0.493 e. The third kappa shape index (κ3) is 5.70. The van der Waals surface area contributed by atoms with Crippen LogP contribution >= 0.6 is 11.6 Å². The van der Waals surface area contributed by atoms with Gasteiger partial charge in [0.2, 0.25) is 0 Å². The van der Waals surface area contributed by atoms with Crippen LogP contribution in [-0.2, 0) is 0 Å². The van der Waals surface area contributed by atoms with Crippen molar-refractivity contribution < 1.29 is 9.94 Å². The van der Waals surface area contributed by atoms with E-state index in [-0.39, 0.29) is 5.84 Å². The number of hydrogen-bond acceptors (Lipinski definition) is 3. The summed E-state index contributed by atoms with van der Waals surface area (Å²) < 4.78 is 5.69. The highest BCUT2D eigenvalue weighted by molar-refractivity contribution is 6.31. The van der Waals surface area contributed by atoms with Gasteiger partial charge in [-0.2, -0.15) is 0 Å². The van der Waals surface area contributed by atoms with Crippen molar-refractivity contribution in [3.05, 3.63) is 28.8 Å². The Morgan fingerprint density at radius 1 is 1.25 bits per heavy atom. The molecule has 20 heavy (non-hydrogen) atoms. The second-order valence-electron chi connectivity index (χ2n) is 4.74. The third-order valence-electron chi connectivity index (χ3n) is 3.08. The lowest BCUT2D eigenvalue weighted by molar-refractivity contribution is 0.302. The van der Waals surface area contributed by atoms with E-state index in [0.717, 1.165) is 12.8 Å². The van der Waals surface area contributed by atoms with E-state index < -0.39 is 0 Å². The predicted molar refractivity (Wildman–Crippen MR) is 82.8 cm³/mol. The Bertz CT molecular complexity index is 436. The predicted octanol–water partition coefficient (Wildman–Crippen LogP) is 4.17. The van der Waals surface area contributed by atoms with E-state index in [1.165, 1.54) is 25.7 Å². The Morgan fingerprint density at radius 2 is 1.95 bits per heavy atom. The molecule has 0 unspecified atom stereocenters. The fourth-order valence-corrected chi connectivity index (χ4v) is 2.12. The molecule has 0 saturated carbocycles. The number of ether oxygens (including phenoxy) is 1. The summed E-state index contributed by atoms with van der Waals surface area (Å²) in [4.78, 5) is 0. The Hall–Kier alpha value is -1.42. The first-order chi connectivity index (χ1) is 9.69. The lowest BCUT2D eigenvalue weighted by Crippen LogP contribution is -2.15. The van der Waals surface area contributed by atoms with Gasteiger partial charge in [-0.15, -0.1) is 0 Å². The van der Waals surface area contributed by atoms with Crippen molar-refractivity contribution in [3.8, 4) is 5.75 Å². The number of benzene rings is 1. The molecule has 0 spiro atoms. The summed E-state index contributed by atoms with van der Waals surface area (Å²) in [5.74, 6) is 0.601. The summed E-state index contributed by atoms with van der Waals surface area (Å²) in [6.45, 7) is 2.83. The van der Waals surface area contributed by atoms with Gasteiger partial charge in [0.05, 0.1) is 12.2 Å².